The van der Waals surface area contributed by atoms with Crippen LogP contribution in [0.3, 0.4) is 0 Å². The van der Waals surface area contributed by atoms with Crippen LogP contribution in [-0.4, -0.2) is 28.2 Å². The predicted molar refractivity (Wildman–Crippen MR) is 162 cm³/mol. The molecule has 0 saturated carbocycles. The minimum atomic E-state index is -2.52. The van der Waals surface area contributed by atoms with Gasteiger partial charge in [-0.15, -0.1) is 66.5 Å². The van der Waals surface area contributed by atoms with Gasteiger partial charge in [0.05, 0.1) is 0 Å². The van der Waals surface area contributed by atoms with E-state index < -0.39 is 28.2 Å². The van der Waals surface area contributed by atoms with Gasteiger partial charge in [0.15, 0.2) is 0 Å². The van der Waals surface area contributed by atoms with Gasteiger partial charge in [0, 0.05) is 16.1 Å². The molecule has 0 radical (unpaired) electrons. The zero-order valence-electron chi connectivity index (χ0n) is 20.8. The Morgan fingerprint density at radius 3 is 1.03 bits per heavy atom. The van der Waals surface area contributed by atoms with Crippen molar-refractivity contribution in [3.05, 3.63) is 48.5 Å². The van der Waals surface area contributed by atoms with Crippen LogP contribution in [0.2, 0.25) is 36.5 Å². The third kappa shape index (κ3) is 17.2. The average Bonchev–Trinajstić information content (AvgIpc) is 3.36. The van der Waals surface area contributed by atoms with E-state index in [-0.39, 0.29) is 51.0 Å². The van der Waals surface area contributed by atoms with Crippen LogP contribution < -0.4 is 35.2 Å². The van der Waals surface area contributed by atoms with Gasteiger partial charge in [0.1, 0.15) is 0 Å². The van der Waals surface area contributed by atoms with E-state index in [0.29, 0.717) is 0 Å². The summed E-state index contributed by atoms with van der Waals surface area (Å²) < 4.78 is 0. The molecule has 0 spiro atoms. The van der Waals surface area contributed by atoms with E-state index in [9.17, 15) is 0 Å². The van der Waals surface area contributed by atoms with E-state index in [1.54, 1.807) is 0 Å². The van der Waals surface area contributed by atoms with Crippen LogP contribution in [0.1, 0.15) is 39.5 Å². The van der Waals surface area contributed by atoms with Gasteiger partial charge in [0.2, 0.25) is 0 Å². The minimum absolute atomic E-state index is 0. The van der Waals surface area contributed by atoms with Crippen molar-refractivity contribution >= 4 is 105 Å². The number of halogens is 8. The van der Waals surface area contributed by atoms with Gasteiger partial charge in [-0.1, -0.05) is 64.7 Å². The van der Waals surface area contributed by atoms with E-state index in [1.165, 1.54) is 48.1 Å². The third-order valence-corrected chi connectivity index (χ3v) is 29.1. The molecule has 0 aliphatic heterocycles. The fraction of sp³-hybridized carbons (Fsp3) is 0.545. The van der Waals surface area contributed by atoms with Crippen molar-refractivity contribution in [1.82, 2.24) is 0 Å². The quantitative estimate of drug-likeness (QED) is 0.176. The summed E-state index contributed by atoms with van der Waals surface area (Å²) in [7, 11) is -3.13. The molecule has 13 heteroatoms. The van der Waals surface area contributed by atoms with Crippen LogP contribution in [0.25, 0.3) is 0 Å². The summed E-state index contributed by atoms with van der Waals surface area (Å²) in [5, 5.41) is 2.89. The Morgan fingerprint density at radius 2 is 0.829 bits per heavy atom. The molecule has 0 aromatic heterocycles. The molecule has 2 aromatic carbocycles. The van der Waals surface area contributed by atoms with Crippen molar-refractivity contribution < 1.29 is 51.0 Å². The van der Waals surface area contributed by atoms with E-state index >= 15 is 0 Å². The second kappa shape index (κ2) is 19.8. The molecule has 0 nitrogen and oxygen atoms in total. The number of unbranched alkanes of at least 4 members (excludes halogenated alkanes) is 2. The fourth-order valence-corrected chi connectivity index (χ4v) is 35.1. The molecule has 2 unspecified atom stereocenters. The van der Waals surface area contributed by atoms with Crippen molar-refractivity contribution in [1.29, 1.82) is 0 Å². The van der Waals surface area contributed by atoms with Gasteiger partial charge >= 0.3 is 38.2 Å². The number of hydrogen-bond acceptors (Lipinski definition) is 0. The molecule has 2 aromatic rings. The summed E-state index contributed by atoms with van der Waals surface area (Å²) in [5.41, 5.74) is 1.68. The Bertz CT molecular complexity index is 686. The molecule has 0 bridgehead atoms. The molecule has 0 heterocycles. The zero-order chi connectivity index (χ0) is 24.5. The van der Waals surface area contributed by atoms with E-state index in [4.69, 9.17) is 66.5 Å². The second-order valence-corrected chi connectivity index (χ2v) is 38.0. The van der Waals surface area contributed by atoms with Gasteiger partial charge in [-0.05, 0) is 11.3 Å². The zero-order valence-corrected chi connectivity index (χ0v) is 33.3. The Labute approximate surface area is 277 Å². The van der Waals surface area contributed by atoms with E-state index in [2.05, 4.69) is 75.5 Å². The topological polar surface area (TPSA) is 0 Å². The first-order valence-corrected chi connectivity index (χ1v) is 27.6. The molecule has 0 saturated heterocycles. The van der Waals surface area contributed by atoms with E-state index in [1.807, 2.05) is 0 Å². The van der Waals surface area contributed by atoms with E-state index in [0.717, 1.165) is 11.3 Å². The van der Waals surface area contributed by atoms with Crippen molar-refractivity contribution in [2.24, 2.45) is 0 Å². The number of rotatable bonds is 12. The van der Waals surface area contributed by atoms with Crippen LogP contribution in [-0.2, 0) is 26.2 Å². The maximum Gasteiger partial charge on any atom is 4.00 e. The summed E-state index contributed by atoms with van der Waals surface area (Å²) in [5.74, 6) is 0. The van der Waals surface area contributed by atoms with Crippen LogP contribution in [0, 0.1) is 0 Å². The Hall–Kier alpha value is 2.77. The van der Waals surface area contributed by atoms with Gasteiger partial charge in [-0.25, -0.2) is 24.3 Å². The fourth-order valence-electron chi connectivity index (χ4n) is 4.24. The maximum absolute atomic E-state index is 6.12. The molecule has 0 aliphatic carbocycles. The molecule has 0 fully saturated rings. The standard InChI is InChI=1S/2C11H18Cl3Si2.2ClH.Zr/c2*1-3-4-9-15(2,10-16(12,13)14)11-7-5-6-8-11;;;/h2*5-8H,3-4,9-10H2,1-2H3;2*1H;/q2*-1;;;+4/p-2. The summed E-state index contributed by atoms with van der Waals surface area (Å²) in [4.78, 5) is 0. The Balaban J connectivity index is -0.000000539. The third-order valence-electron chi connectivity index (χ3n) is 6.06. The summed E-state index contributed by atoms with van der Waals surface area (Å²) in [6.07, 6.45) is 4.90. The van der Waals surface area contributed by atoms with Gasteiger partial charge in [0.25, 0.3) is 0 Å². The largest absolute Gasteiger partial charge is 4.00 e. The second-order valence-electron chi connectivity index (χ2n) is 9.26. The van der Waals surface area contributed by atoms with Crippen LogP contribution in [0.4, 0.5) is 0 Å². The normalized spacial score (nSPS) is 14.7. The Morgan fingerprint density at radius 1 is 0.571 bits per heavy atom. The molecule has 35 heavy (non-hydrogen) atoms. The van der Waals surface area contributed by atoms with Crippen LogP contribution in [0.15, 0.2) is 48.5 Å². The molecular formula is C22H36Cl8Si4Zr. The molecule has 0 aliphatic rings. The van der Waals surface area contributed by atoms with Crippen LogP contribution >= 0.6 is 66.5 Å². The molecular weight excluding hydrogens is 751 g/mol. The smallest absolute Gasteiger partial charge is 1.00 e. The molecule has 0 amide bonds. The molecule has 2 rings (SSSR count). The van der Waals surface area contributed by atoms with Crippen LogP contribution in [0.5, 0.6) is 0 Å². The monoisotopic (exact) mass is 782 g/mol. The predicted octanol–water partition coefficient (Wildman–Crippen LogP) is 3.38. The van der Waals surface area contributed by atoms with Crippen molar-refractivity contribution in [2.75, 3.05) is 0 Å². The molecule has 200 valence electrons. The molecule has 0 N–H and O–H groups in total. The first kappa shape index (κ1) is 42.2. The van der Waals surface area contributed by atoms with Gasteiger partial charge in [-0.2, -0.15) is 34.6 Å². The van der Waals surface area contributed by atoms with Gasteiger partial charge < -0.3 is 24.8 Å². The van der Waals surface area contributed by atoms with Gasteiger partial charge in [-0.3, -0.25) is 0 Å². The first-order chi connectivity index (χ1) is 14.7. The summed E-state index contributed by atoms with van der Waals surface area (Å²) in [6.45, 7) is 9.14. The average molecular weight is 788 g/mol. The number of hydrogen-bond donors (Lipinski definition) is 0. The summed E-state index contributed by atoms with van der Waals surface area (Å²) >= 11 is 36.7. The summed E-state index contributed by atoms with van der Waals surface area (Å²) in [6, 6.07) is 14.6. The maximum atomic E-state index is 6.12. The van der Waals surface area contributed by atoms with Crippen molar-refractivity contribution in [3.8, 4) is 0 Å². The first-order valence-electron chi connectivity index (χ1n) is 11.3. The van der Waals surface area contributed by atoms with Crippen molar-refractivity contribution in [2.45, 2.75) is 76.0 Å². The molecule has 2 atom stereocenters. The Kier molecular flexibility index (Phi) is 23.9. The SMILES string of the molecule is CCCC[Si](C)(C[Si](Cl)(Cl)Cl)[c-]1cccc1.CCCC[Si](C)(C[Si](Cl)(Cl)Cl)[c-]1cccc1.[Cl-].[Cl-].[Zr+4]. The van der Waals surface area contributed by atoms with Crippen molar-refractivity contribution in [3.63, 3.8) is 0 Å². The minimum Gasteiger partial charge on any atom is -1.00 e.